The number of carbonyl (C=O) groups is 2. The number of Topliss-reactive ketones (excluding diaryl/α,β-unsaturated/α-hetero) is 1. The zero-order valence-corrected chi connectivity index (χ0v) is 16.9. The summed E-state index contributed by atoms with van der Waals surface area (Å²) in [5.41, 5.74) is 1.15. The molecule has 1 atom stereocenters. The normalized spacial score (nSPS) is 16.4. The number of aliphatic hydroxyl groups excluding tert-OH is 1. The Bertz CT molecular complexity index is 1090. The lowest BCUT2D eigenvalue weighted by Gasteiger charge is -2.26. The maximum absolute atomic E-state index is 14.7. The number of halogens is 1. The maximum atomic E-state index is 14.7. The predicted molar refractivity (Wildman–Crippen MR) is 113 cm³/mol. The summed E-state index contributed by atoms with van der Waals surface area (Å²) in [5, 5.41) is 12.5. The molecule has 6 heteroatoms. The van der Waals surface area contributed by atoms with Crippen molar-refractivity contribution >= 4 is 23.0 Å². The maximum Gasteiger partial charge on any atom is 0.290 e. The highest BCUT2D eigenvalue weighted by Crippen LogP contribution is 2.40. The Balaban J connectivity index is 1.68. The molecule has 2 heterocycles. The second-order valence-corrected chi connectivity index (χ2v) is 8.14. The molecule has 30 heavy (non-hydrogen) atoms. The quantitative estimate of drug-likeness (QED) is 0.585. The van der Waals surface area contributed by atoms with Crippen molar-refractivity contribution in [1.29, 1.82) is 0 Å². The number of carbonyl (C=O) groups excluding carboxylic acids is 2. The average molecular weight is 421 g/mol. The molecule has 0 aliphatic carbocycles. The van der Waals surface area contributed by atoms with Crippen LogP contribution in [0, 0.1) is 5.82 Å². The number of aryl methyl sites for hydroxylation is 1. The fourth-order valence-corrected chi connectivity index (χ4v) is 4.43. The van der Waals surface area contributed by atoms with Crippen molar-refractivity contribution in [1.82, 2.24) is 4.90 Å². The molecule has 3 aromatic rings. The molecule has 0 radical (unpaired) electrons. The number of nitrogens with zero attached hydrogens (tertiary/aromatic N) is 1. The van der Waals surface area contributed by atoms with Crippen LogP contribution in [0.5, 0.6) is 0 Å². The summed E-state index contributed by atoms with van der Waals surface area (Å²) in [6.45, 7) is 0.190. The summed E-state index contributed by atoms with van der Waals surface area (Å²) in [4.78, 5) is 28.2. The van der Waals surface area contributed by atoms with E-state index in [9.17, 15) is 19.1 Å². The number of rotatable bonds is 7. The predicted octanol–water partition coefficient (Wildman–Crippen LogP) is 4.98. The third kappa shape index (κ3) is 3.91. The van der Waals surface area contributed by atoms with Crippen molar-refractivity contribution in [3.63, 3.8) is 0 Å². The van der Waals surface area contributed by atoms with Gasteiger partial charge in [-0.25, -0.2) is 4.39 Å². The molecule has 0 saturated heterocycles. The van der Waals surface area contributed by atoms with Crippen LogP contribution in [-0.4, -0.2) is 21.7 Å². The monoisotopic (exact) mass is 421 g/mol. The Morgan fingerprint density at radius 2 is 1.77 bits per heavy atom. The number of aliphatic hydroxyl groups is 1. The molecule has 1 amide bonds. The molecule has 4 nitrogen and oxygen atoms in total. The summed E-state index contributed by atoms with van der Waals surface area (Å²) in [5.74, 6) is -2.11. The first kappa shape index (κ1) is 20.0. The van der Waals surface area contributed by atoms with Gasteiger partial charge in [0.1, 0.15) is 5.82 Å². The van der Waals surface area contributed by atoms with Crippen LogP contribution in [0.3, 0.4) is 0 Å². The van der Waals surface area contributed by atoms with Gasteiger partial charge in [-0.1, -0.05) is 54.6 Å². The van der Waals surface area contributed by atoms with Gasteiger partial charge in [0.2, 0.25) is 0 Å². The van der Waals surface area contributed by atoms with E-state index in [0.717, 1.165) is 10.4 Å². The van der Waals surface area contributed by atoms with Gasteiger partial charge in [-0.05, 0) is 29.5 Å². The van der Waals surface area contributed by atoms with Crippen LogP contribution in [-0.2, 0) is 22.6 Å². The molecule has 1 aliphatic heterocycles. The molecule has 152 valence electrons. The molecule has 4 rings (SSSR count). The number of hydrogen-bond acceptors (Lipinski definition) is 4. The van der Waals surface area contributed by atoms with Gasteiger partial charge in [0.05, 0.1) is 18.2 Å². The first-order chi connectivity index (χ1) is 14.6. The molecule has 0 fully saturated rings. The number of thiophene rings is 1. The highest BCUT2D eigenvalue weighted by Gasteiger charge is 2.44. The fraction of sp³-hybridized carbons (Fsp3) is 0.167. The lowest BCUT2D eigenvalue weighted by Crippen LogP contribution is -2.31. The molecule has 1 N–H and O–H groups in total. The molecule has 1 aliphatic rings. The number of ketones is 1. The highest BCUT2D eigenvalue weighted by molar-refractivity contribution is 7.09. The topological polar surface area (TPSA) is 57.6 Å². The van der Waals surface area contributed by atoms with Crippen LogP contribution in [0.15, 0.2) is 83.4 Å². The Morgan fingerprint density at radius 3 is 2.47 bits per heavy atom. The summed E-state index contributed by atoms with van der Waals surface area (Å²) in [6.07, 6.45) is 0.591. The number of hydrogen-bond donors (Lipinski definition) is 1. The van der Waals surface area contributed by atoms with Gasteiger partial charge in [-0.2, -0.15) is 0 Å². The minimum Gasteiger partial charge on any atom is -0.503 e. The van der Waals surface area contributed by atoms with Gasteiger partial charge in [0, 0.05) is 16.9 Å². The standard InChI is InChI=1S/C24H20FNO3S/c25-19-11-5-4-10-18(19)22-21(20(27)13-12-16-7-2-1-3-8-16)23(28)24(29)26(22)15-17-9-6-14-30-17/h1-11,14,22,28H,12-13,15H2. The lowest BCUT2D eigenvalue weighted by atomic mass is 9.93. The first-order valence-corrected chi connectivity index (χ1v) is 10.5. The first-order valence-electron chi connectivity index (χ1n) is 9.64. The zero-order chi connectivity index (χ0) is 21.1. The van der Waals surface area contributed by atoms with E-state index in [0.29, 0.717) is 6.42 Å². The van der Waals surface area contributed by atoms with Crippen molar-refractivity contribution < 1.29 is 19.1 Å². The van der Waals surface area contributed by atoms with Crippen molar-refractivity contribution in [2.45, 2.75) is 25.4 Å². The van der Waals surface area contributed by atoms with E-state index in [1.807, 2.05) is 47.8 Å². The second-order valence-electron chi connectivity index (χ2n) is 7.11. The Kier molecular flexibility index (Phi) is 5.77. The van der Waals surface area contributed by atoms with E-state index in [1.165, 1.54) is 22.3 Å². The molecule has 0 bridgehead atoms. The van der Waals surface area contributed by atoms with E-state index < -0.39 is 23.5 Å². The van der Waals surface area contributed by atoms with Gasteiger partial charge < -0.3 is 10.0 Å². The largest absolute Gasteiger partial charge is 0.503 e. The number of benzene rings is 2. The summed E-state index contributed by atoms with van der Waals surface area (Å²) < 4.78 is 14.7. The molecular weight excluding hydrogens is 401 g/mol. The van der Waals surface area contributed by atoms with Crippen LogP contribution in [0.4, 0.5) is 4.39 Å². The SMILES string of the molecule is O=C(CCc1ccccc1)C1=C(O)C(=O)N(Cc2cccs2)C1c1ccccc1F. The molecule has 1 unspecified atom stereocenters. The smallest absolute Gasteiger partial charge is 0.290 e. The molecular formula is C24H20FNO3S. The summed E-state index contributed by atoms with van der Waals surface area (Å²) in [6, 6.07) is 18.3. The van der Waals surface area contributed by atoms with E-state index in [-0.39, 0.29) is 29.9 Å². The Labute approximate surface area is 177 Å². The minimum absolute atomic E-state index is 0.0300. The summed E-state index contributed by atoms with van der Waals surface area (Å²) in [7, 11) is 0. The lowest BCUT2D eigenvalue weighted by molar-refractivity contribution is -0.130. The van der Waals surface area contributed by atoms with Gasteiger partial charge >= 0.3 is 0 Å². The molecule has 0 saturated carbocycles. The van der Waals surface area contributed by atoms with Crippen LogP contribution in [0.1, 0.15) is 28.5 Å². The fourth-order valence-electron chi connectivity index (χ4n) is 3.73. The van der Waals surface area contributed by atoms with Crippen molar-refractivity contribution in [2.75, 3.05) is 0 Å². The molecule has 2 aromatic carbocycles. The average Bonchev–Trinajstić information content (AvgIpc) is 3.36. The van der Waals surface area contributed by atoms with Crippen LogP contribution in [0.2, 0.25) is 0 Å². The summed E-state index contributed by atoms with van der Waals surface area (Å²) >= 11 is 1.46. The minimum atomic E-state index is -0.955. The Hall–Kier alpha value is -3.25. The van der Waals surface area contributed by atoms with Crippen LogP contribution in [0.25, 0.3) is 0 Å². The van der Waals surface area contributed by atoms with E-state index >= 15 is 0 Å². The van der Waals surface area contributed by atoms with Crippen molar-refractivity contribution in [3.05, 3.63) is 105 Å². The number of amides is 1. The van der Waals surface area contributed by atoms with Gasteiger partial charge in [0.15, 0.2) is 11.5 Å². The third-order valence-corrected chi connectivity index (χ3v) is 6.05. The van der Waals surface area contributed by atoms with E-state index in [1.54, 1.807) is 18.2 Å². The van der Waals surface area contributed by atoms with Crippen molar-refractivity contribution in [3.8, 4) is 0 Å². The van der Waals surface area contributed by atoms with Crippen LogP contribution >= 0.6 is 11.3 Å². The zero-order valence-electron chi connectivity index (χ0n) is 16.1. The van der Waals surface area contributed by atoms with Gasteiger partial charge in [-0.3, -0.25) is 9.59 Å². The van der Waals surface area contributed by atoms with E-state index in [2.05, 4.69) is 0 Å². The molecule has 0 spiro atoms. The molecule has 1 aromatic heterocycles. The van der Waals surface area contributed by atoms with Crippen LogP contribution < -0.4 is 0 Å². The van der Waals surface area contributed by atoms with Crippen molar-refractivity contribution in [2.24, 2.45) is 0 Å². The third-order valence-electron chi connectivity index (χ3n) is 5.19. The second kappa shape index (κ2) is 8.63. The Morgan fingerprint density at radius 1 is 1.03 bits per heavy atom. The van der Waals surface area contributed by atoms with Gasteiger partial charge in [-0.15, -0.1) is 11.3 Å². The highest BCUT2D eigenvalue weighted by atomic mass is 32.1. The van der Waals surface area contributed by atoms with Gasteiger partial charge in [0.25, 0.3) is 5.91 Å². The van der Waals surface area contributed by atoms with E-state index in [4.69, 9.17) is 0 Å².